The molecule has 0 aliphatic rings. The topological polar surface area (TPSA) is 13.1 Å². The summed E-state index contributed by atoms with van der Waals surface area (Å²) < 4.78 is 5.16. The molecule has 0 saturated heterocycles. The van der Waals surface area contributed by atoms with Gasteiger partial charge in [0, 0.05) is 5.88 Å². The minimum atomic E-state index is 0.755. The molecule has 62 valence electrons. The van der Waals surface area contributed by atoms with Crippen molar-refractivity contribution in [3.8, 4) is 0 Å². The van der Waals surface area contributed by atoms with E-state index in [0.29, 0.717) is 0 Å². The lowest BCUT2D eigenvalue weighted by Gasteiger charge is -1.95. The maximum absolute atomic E-state index is 5.53. The van der Waals surface area contributed by atoms with Crippen LogP contribution in [0.3, 0.4) is 0 Å². The lowest BCUT2D eigenvalue weighted by molar-refractivity contribution is 0.530. The predicted molar refractivity (Wildman–Crippen MR) is 50.2 cm³/mol. The van der Waals surface area contributed by atoms with E-state index in [2.05, 4.69) is 0 Å². The maximum atomic E-state index is 5.53. The molecule has 1 aromatic rings. The van der Waals surface area contributed by atoms with Crippen LogP contribution in [0, 0.1) is 0 Å². The molecule has 1 nitrogen and oxygen atoms in total. The summed E-state index contributed by atoms with van der Waals surface area (Å²) >= 11 is 7.38. The molecule has 0 saturated carbocycles. The van der Waals surface area contributed by atoms with Crippen molar-refractivity contribution in [2.24, 2.45) is 0 Å². The average molecular weight is 191 g/mol. The fourth-order valence-electron chi connectivity index (χ4n) is 0.724. The van der Waals surface area contributed by atoms with Crippen LogP contribution in [0.1, 0.15) is 12.2 Å². The Balaban J connectivity index is 2.04. The van der Waals surface area contributed by atoms with Crippen molar-refractivity contribution in [1.82, 2.24) is 0 Å². The average Bonchev–Trinajstić information content (AvgIpc) is 2.50. The number of alkyl halides is 1. The number of rotatable bonds is 5. The molecule has 0 aromatic carbocycles. The van der Waals surface area contributed by atoms with E-state index in [4.69, 9.17) is 16.0 Å². The van der Waals surface area contributed by atoms with Gasteiger partial charge in [-0.3, -0.25) is 0 Å². The highest BCUT2D eigenvalue weighted by Crippen LogP contribution is 2.13. The van der Waals surface area contributed by atoms with E-state index < -0.39 is 0 Å². The lowest BCUT2D eigenvalue weighted by Crippen LogP contribution is -1.81. The monoisotopic (exact) mass is 190 g/mol. The van der Waals surface area contributed by atoms with Crippen molar-refractivity contribution >= 4 is 23.4 Å². The summed E-state index contributed by atoms with van der Waals surface area (Å²) in [6.45, 7) is 0. The van der Waals surface area contributed by atoms with Crippen molar-refractivity contribution in [2.75, 3.05) is 11.6 Å². The lowest BCUT2D eigenvalue weighted by atomic mass is 10.5. The molecule has 0 spiro atoms. The molecule has 1 rings (SSSR count). The molecule has 0 atom stereocenters. The largest absolute Gasteiger partial charge is 0.468 e. The van der Waals surface area contributed by atoms with E-state index in [1.807, 2.05) is 23.9 Å². The second-order valence-electron chi connectivity index (χ2n) is 2.17. The van der Waals surface area contributed by atoms with Crippen LogP contribution >= 0.6 is 23.4 Å². The molecule has 0 fully saturated rings. The second-order valence-corrected chi connectivity index (χ2v) is 3.66. The van der Waals surface area contributed by atoms with Gasteiger partial charge < -0.3 is 4.42 Å². The van der Waals surface area contributed by atoms with Crippen LogP contribution in [0.4, 0.5) is 0 Å². The van der Waals surface area contributed by atoms with Crippen LogP contribution in [0.5, 0.6) is 0 Å². The van der Waals surface area contributed by atoms with Gasteiger partial charge in [0.15, 0.2) is 0 Å². The van der Waals surface area contributed by atoms with Gasteiger partial charge in [-0.25, -0.2) is 0 Å². The van der Waals surface area contributed by atoms with E-state index in [1.165, 1.54) is 0 Å². The van der Waals surface area contributed by atoms with E-state index >= 15 is 0 Å². The Morgan fingerprint density at radius 3 is 3.09 bits per heavy atom. The van der Waals surface area contributed by atoms with Crippen molar-refractivity contribution in [1.29, 1.82) is 0 Å². The summed E-state index contributed by atoms with van der Waals surface area (Å²) in [6.07, 6.45) is 2.78. The molecule has 0 aliphatic carbocycles. The van der Waals surface area contributed by atoms with Gasteiger partial charge in [-0.1, -0.05) is 0 Å². The Morgan fingerprint density at radius 1 is 1.55 bits per heavy atom. The quantitative estimate of drug-likeness (QED) is 0.523. The molecule has 0 bridgehead atoms. The fraction of sp³-hybridized carbons (Fsp3) is 0.500. The zero-order valence-electron chi connectivity index (χ0n) is 6.25. The Morgan fingerprint density at radius 2 is 2.45 bits per heavy atom. The molecular weight excluding hydrogens is 180 g/mol. The van der Waals surface area contributed by atoms with Gasteiger partial charge >= 0.3 is 0 Å². The van der Waals surface area contributed by atoms with Crippen molar-refractivity contribution in [3.63, 3.8) is 0 Å². The fourth-order valence-corrected chi connectivity index (χ4v) is 1.87. The normalized spacial score (nSPS) is 10.3. The third kappa shape index (κ3) is 3.73. The molecule has 0 amide bonds. The highest BCUT2D eigenvalue weighted by Gasteiger charge is 1.94. The molecule has 0 radical (unpaired) electrons. The Hall–Kier alpha value is -0.0800. The van der Waals surface area contributed by atoms with Gasteiger partial charge in [-0.15, -0.1) is 11.6 Å². The minimum Gasteiger partial charge on any atom is -0.468 e. The zero-order valence-corrected chi connectivity index (χ0v) is 7.83. The zero-order chi connectivity index (χ0) is 7.94. The van der Waals surface area contributed by atoms with Gasteiger partial charge in [-0.05, 0) is 24.3 Å². The van der Waals surface area contributed by atoms with Gasteiger partial charge in [0.2, 0.25) is 0 Å². The standard InChI is InChI=1S/C8H11ClOS/c9-4-2-6-11-7-8-3-1-5-10-8/h1,3,5H,2,4,6-7H2. The van der Waals surface area contributed by atoms with Crippen LogP contribution in [-0.2, 0) is 5.75 Å². The molecule has 0 N–H and O–H groups in total. The highest BCUT2D eigenvalue weighted by molar-refractivity contribution is 7.98. The number of halogens is 1. The number of thioether (sulfide) groups is 1. The molecule has 1 aromatic heterocycles. The summed E-state index contributed by atoms with van der Waals surface area (Å²) in [6, 6.07) is 3.91. The first-order valence-electron chi connectivity index (χ1n) is 3.59. The third-order valence-corrected chi connectivity index (χ3v) is 2.58. The molecule has 1 heterocycles. The summed E-state index contributed by atoms with van der Waals surface area (Å²) in [7, 11) is 0. The van der Waals surface area contributed by atoms with Crippen molar-refractivity contribution < 1.29 is 4.42 Å². The molecule has 0 unspecified atom stereocenters. The van der Waals surface area contributed by atoms with E-state index in [9.17, 15) is 0 Å². The Bertz CT molecular complexity index is 174. The Labute approximate surface area is 76.1 Å². The predicted octanol–water partition coefficient (Wildman–Crippen LogP) is 3.14. The van der Waals surface area contributed by atoms with Crippen molar-refractivity contribution in [2.45, 2.75) is 12.2 Å². The summed E-state index contributed by atoms with van der Waals surface area (Å²) in [5.41, 5.74) is 0. The van der Waals surface area contributed by atoms with Gasteiger partial charge in [0.05, 0.1) is 12.0 Å². The van der Waals surface area contributed by atoms with Gasteiger partial charge in [0.1, 0.15) is 5.76 Å². The van der Waals surface area contributed by atoms with Crippen LogP contribution in [0.25, 0.3) is 0 Å². The molecule has 11 heavy (non-hydrogen) atoms. The van der Waals surface area contributed by atoms with E-state index in [0.717, 1.165) is 29.6 Å². The number of furan rings is 1. The number of hydrogen-bond acceptors (Lipinski definition) is 2. The van der Waals surface area contributed by atoms with Crippen LogP contribution in [0.2, 0.25) is 0 Å². The first-order chi connectivity index (χ1) is 5.43. The summed E-state index contributed by atoms with van der Waals surface area (Å²) in [5, 5.41) is 0. The summed E-state index contributed by atoms with van der Waals surface area (Å²) in [5.74, 6) is 3.88. The Kier molecular flexibility index (Phi) is 4.55. The smallest absolute Gasteiger partial charge is 0.113 e. The number of hydrogen-bond donors (Lipinski definition) is 0. The third-order valence-electron chi connectivity index (χ3n) is 1.25. The minimum absolute atomic E-state index is 0.755. The molecular formula is C8H11ClOS. The first kappa shape index (κ1) is 9.01. The highest BCUT2D eigenvalue weighted by atomic mass is 35.5. The van der Waals surface area contributed by atoms with Crippen LogP contribution in [0.15, 0.2) is 22.8 Å². The van der Waals surface area contributed by atoms with Crippen LogP contribution in [-0.4, -0.2) is 11.6 Å². The van der Waals surface area contributed by atoms with Gasteiger partial charge in [-0.2, -0.15) is 11.8 Å². The first-order valence-corrected chi connectivity index (χ1v) is 5.28. The summed E-state index contributed by atoms with van der Waals surface area (Å²) in [4.78, 5) is 0. The maximum Gasteiger partial charge on any atom is 0.113 e. The molecule has 0 aliphatic heterocycles. The SMILES string of the molecule is ClCCCSCc1ccco1. The van der Waals surface area contributed by atoms with E-state index in [1.54, 1.807) is 6.26 Å². The second kappa shape index (κ2) is 5.56. The van der Waals surface area contributed by atoms with Crippen molar-refractivity contribution in [3.05, 3.63) is 24.2 Å². The van der Waals surface area contributed by atoms with E-state index in [-0.39, 0.29) is 0 Å². The van der Waals surface area contributed by atoms with Crippen LogP contribution < -0.4 is 0 Å². The molecule has 3 heteroatoms. The van der Waals surface area contributed by atoms with Gasteiger partial charge in [0.25, 0.3) is 0 Å².